The van der Waals surface area contributed by atoms with Gasteiger partial charge in [-0.3, -0.25) is 0 Å². The van der Waals surface area contributed by atoms with Crippen molar-refractivity contribution in [1.82, 2.24) is 4.90 Å². The lowest BCUT2D eigenvalue weighted by molar-refractivity contribution is -0.402. The summed E-state index contributed by atoms with van der Waals surface area (Å²) in [5.41, 5.74) is 0. The molecule has 1 saturated heterocycles. The molecule has 1 atom stereocenters. The van der Waals surface area contributed by atoms with Crippen LogP contribution in [0.2, 0.25) is 0 Å². The van der Waals surface area contributed by atoms with Gasteiger partial charge >= 0.3 is 22.4 Å². The normalized spacial score (nSPS) is 35.8. The molecule has 1 fully saturated rings. The van der Waals surface area contributed by atoms with E-state index in [0.29, 0.717) is 0 Å². The van der Waals surface area contributed by atoms with E-state index in [1.807, 2.05) is 0 Å². The van der Waals surface area contributed by atoms with E-state index >= 15 is 0 Å². The number of ether oxygens (including phenoxy) is 1. The molecule has 0 saturated carbocycles. The zero-order valence-electron chi connectivity index (χ0n) is 6.26. The maximum absolute atomic E-state index is 12.9. The summed E-state index contributed by atoms with van der Waals surface area (Å²) >= 11 is -0.0943. The fraction of sp³-hybridized carbons (Fsp3) is 1.00. The second kappa shape index (κ2) is 3.06. The molecular formula is C4F8INO. The van der Waals surface area contributed by atoms with Crippen molar-refractivity contribution in [3.8, 4) is 0 Å². The van der Waals surface area contributed by atoms with Crippen molar-refractivity contribution < 1.29 is 39.9 Å². The van der Waals surface area contributed by atoms with Gasteiger partial charge in [0.05, 0.1) is 0 Å². The SMILES string of the molecule is FC(F)(F)N1C(F)(F)OC(F)(F)C1(F)I. The van der Waals surface area contributed by atoms with Gasteiger partial charge < -0.3 is 0 Å². The molecule has 0 aliphatic carbocycles. The van der Waals surface area contributed by atoms with Crippen molar-refractivity contribution in [3.05, 3.63) is 0 Å². The monoisotopic (exact) mass is 357 g/mol. The van der Waals surface area contributed by atoms with Gasteiger partial charge in [0.15, 0.2) is 0 Å². The van der Waals surface area contributed by atoms with Crippen LogP contribution in [0.4, 0.5) is 35.1 Å². The van der Waals surface area contributed by atoms with Crippen molar-refractivity contribution in [3.63, 3.8) is 0 Å². The molecule has 1 heterocycles. The molecule has 90 valence electrons. The number of alkyl halides is 9. The smallest absolute Gasteiger partial charge is 0.236 e. The van der Waals surface area contributed by atoms with E-state index in [1.165, 1.54) is 0 Å². The van der Waals surface area contributed by atoms with Crippen LogP contribution in [0, 0.1) is 0 Å². The minimum atomic E-state index is -6.00. The average molecular weight is 357 g/mol. The fourth-order valence-corrected chi connectivity index (χ4v) is 1.53. The Hall–Kier alpha value is 0.0900. The summed E-state index contributed by atoms with van der Waals surface area (Å²) in [4.78, 5) is -2.28. The van der Waals surface area contributed by atoms with Gasteiger partial charge in [-0.25, -0.2) is 9.13 Å². The minimum Gasteiger partial charge on any atom is -0.236 e. The molecule has 1 aliphatic heterocycles. The molecule has 0 aromatic heterocycles. The quantitative estimate of drug-likeness (QED) is 0.286. The third kappa shape index (κ3) is 1.88. The molecule has 11 heteroatoms. The molecular weight excluding hydrogens is 357 g/mol. The van der Waals surface area contributed by atoms with Gasteiger partial charge in [0, 0.05) is 0 Å². The van der Waals surface area contributed by atoms with Crippen molar-refractivity contribution >= 4 is 22.6 Å². The van der Waals surface area contributed by atoms with Gasteiger partial charge in [-0.05, 0) is 22.6 Å². The number of rotatable bonds is 0. The predicted molar refractivity (Wildman–Crippen MR) is 36.7 cm³/mol. The number of halogens is 9. The van der Waals surface area contributed by atoms with Crippen molar-refractivity contribution in [2.45, 2.75) is 22.4 Å². The highest BCUT2D eigenvalue weighted by atomic mass is 127. The third-order valence-corrected chi connectivity index (χ3v) is 2.51. The first kappa shape index (κ1) is 13.2. The van der Waals surface area contributed by atoms with Crippen LogP contribution in [-0.2, 0) is 4.74 Å². The van der Waals surface area contributed by atoms with E-state index in [-0.39, 0.29) is 22.6 Å². The van der Waals surface area contributed by atoms with Crippen LogP contribution in [-0.4, -0.2) is 27.3 Å². The van der Waals surface area contributed by atoms with Crippen LogP contribution >= 0.6 is 22.6 Å². The maximum atomic E-state index is 12.9. The lowest BCUT2D eigenvalue weighted by atomic mass is 10.5. The van der Waals surface area contributed by atoms with Crippen LogP contribution in [0.1, 0.15) is 0 Å². The Kier molecular flexibility index (Phi) is 2.68. The van der Waals surface area contributed by atoms with E-state index < -0.39 is 27.3 Å². The van der Waals surface area contributed by atoms with Gasteiger partial charge in [0.25, 0.3) is 0 Å². The van der Waals surface area contributed by atoms with Gasteiger partial charge in [0.1, 0.15) is 0 Å². The highest BCUT2D eigenvalue weighted by Gasteiger charge is 2.82. The fourth-order valence-electron chi connectivity index (χ4n) is 0.862. The summed E-state index contributed by atoms with van der Waals surface area (Å²) in [5, 5.41) is 0. The summed E-state index contributed by atoms with van der Waals surface area (Å²) in [6, 6.07) is 0. The molecule has 15 heavy (non-hydrogen) atoms. The van der Waals surface area contributed by atoms with E-state index in [9.17, 15) is 35.1 Å². The Balaban J connectivity index is 3.25. The zero-order chi connectivity index (χ0) is 12.3. The molecule has 1 aliphatic rings. The van der Waals surface area contributed by atoms with Crippen LogP contribution < -0.4 is 0 Å². The van der Waals surface area contributed by atoms with E-state index in [2.05, 4.69) is 4.74 Å². The second-order valence-corrected chi connectivity index (χ2v) is 3.88. The Bertz CT molecular complexity index is 274. The Morgan fingerprint density at radius 1 is 1.00 bits per heavy atom. The Morgan fingerprint density at radius 2 is 1.40 bits per heavy atom. The summed E-state index contributed by atoms with van der Waals surface area (Å²) in [6.07, 6.45) is -16.7. The van der Waals surface area contributed by atoms with E-state index in [0.717, 1.165) is 0 Å². The minimum absolute atomic E-state index is 0.0943. The van der Waals surface area contributed by atoms with Crippen LogP contribution in [0.3, 0.4) is 0 Å². The van der Waals surface area contributed by atoms with Crippen molar-refractivity contribution in [2.75, 3.05) is 0 Å². The third-order valence-electron chi connectivity index (χ3n) is 1.40. The standard InChI is InChI=1S/C4F8INO/c5-1(6)2(7,13)14(3(8,9)10)4(11,12)15-1. The number of hydrogen-bond acceptors (Lipinski definition) is 2. The molecule has 1 unspecified atom stereocenters. The van der Waals surface area contributed by atoms with Gasteiger partial charge in [0.2, 0.25) is 0 Å². The van der Waals surface area contributed by atoms with Crippen LogP contribution in [0.5, 0.6) is 0 Å². The zero-order valence-corrected chi connectivity index (χ0v) is 8.41. The molecule has 0 radical (unpaired) electrons. The highest BCUT2D eigenvalue weighted by molar-refractivity contribution is 14.1. The molecule has 0 bridgehead atoms. The molecule has 2 nitrogen and oxygen atoms in total. The first-order valence-electron chi connectivity index (χ1n) is 3.03. The second-order valence-electron chi connectivity index (χ2n) is 2.45. The molecule has 0 aromatic carbocycles. The lowest BCUT2D eigenvalue weighted by Crippen LogP contribution is -2.55. The number of nitrogens with zero attached hydrogens (tertiary/aromatic N) is 1. The van der Waals surface area contributed by atoms with Gasteiger partial charge in [-0.2, -0.15) is 30.7 Å². The molecule has 0 amide bonds. The number of hydrogen-bond donors (Lipinski definition) is 0. The van der Waals surface area contributed by atoms with Gasteiger partial charge in [-0.1, -0.05) is 4.90 Å². The lowest BCUT2D eigenvalue weighted by Gasteiger charge is -2.28. The highest BCUT2D eigenvalue weighted by Crippen LogP contribution is 2.58. The van der Waals surface area contributed by atoms with E-state index in [4.69, 9.17) is 0 Å². The van der Waals surface area contributed by atoms with Gasteiger partial charge in [-0.15, -0.1) is 0 Å². The van der Waals surface area contributed by atoms with Crippen LogP contribution in [0.25, 0.3) is 0 Å². The summed E-state index contributed by atoms with van der Waals surface area (Å²) in [5.74, 6) is 0. The summed E-state index contributed by atoms with van der Waals surface area (Å²) < 4.78 is 95.7. The molecule has 0 aromatic rings. The molecule has 0 N–H and O–H groups in total. The first-order valence-corrected chi connectivity index (χ1v) is 4.11. The molecule has 0 spiro atoms. The first-order chi connectivity index (χ1) is 6.32. The molecule has 1 rings (SSSR count). The van der Waals surface area contributed by atoms with Crippen molar-refractivity contribution in [1.29, 1.82) is 0 Å². The summed E-state index contributed by atoms with van der Waals surface area (Å²) in [7, 11) is 0. The topological polar surface area (TPSA) is 12.5 Å². The largest absolute Gasteiger partial charge is 0.470 e. The average Bonchev–Trinajstić information content (AvgIpc) is 1.87. The Labute approximate surface area is 90.3 Å². The van der Waals surface area contributed by atoms with Crippen molar-refractivity contribution in [2.24, 2.45) is 0 Å². The van der Waals surface area contributed by atoms with Crippen LogP contribution in [0.15, 0.2) is 0 Å². The predicted octanol–water partition coefficient (Wildman–Crippen LogP) is 3.04. The Morgan fingerprint density at radius 3 is 1.53 bits per heavy atom. The van der Waals surface area contributed by atoms with E-state index in [1.54, 1.807) is 0 Å². The summed E-state index contributed by atoms with van der Waals surface area (Å²) in [6.45, 7) is 0. The maximum Gasteiger partial charge on any atom is 0.470 e.